The van der Waals surface area contributed by atoms with Crippen LogP contribution in [0.25, 0.3) is 16.5 Å². The van der Waals surface area contributed by atoms with Crippen LogP contribution in [0.2, 0.25) is 0 Å². The fraction of sp³-hybridized carbons (Fsp3) is 0. The molecule has 0 aliphatic rings. The summed E-state index contributed by atoms with van der Waals surface area (Å²) in [6.07, 6.45) is 1.59. The van der Waals surface area contributed by atoms with Crippen LogP contribution in [0.4, 0.5) is 0 Å². The second-order valence-corrected chi connectivity index (χ2v) is 5.67. The van der Waals surface area contributed by atoms with Gasteiger partial charge in [0.2, 0.25) is 5.78 Å². The first-order valence-corrected chi connectivity index (χ1v) is 7.85. The molecule has 0 fully saturated rings. The van der Waals surface area contributed by atoms with Gasteiger partial charge in [-0.2, -0.15) is 10.4 Å². The number of benzene rings is 3. The summed E-state index contributed by atoms with van der Waals surface area (Å²) in [4.78, 5) is 12.9. The van der Waals surface area contributed by atoms with Gasteiger partial charge in [0.25, 0.3) is 0 Å². The average Bonchev–Trinajstić information content (AvgIpc) is 3.12. The molecule has 4 heteroatoms. The van der Waals surface area contributed by atoms with E-state index < -0.39 is 0 Å². The Hall–Kier alpha value is -3.71. The van der Waals surface area contributed by atoms with Crippen molar-refractivity contribution in [2.75, 3.05) is 0 Å². The Morgan fingerprint density at radius 2 is 1.64 bits per heavy atom. The number of hydrogen-bond donors (Lipinski definition) is 0. The monoisotopic (exact) mass is 323 g/mol. The first-order valence-electron chi connectivity index (χ1n) is 7.85. The quantitative estimate of drug-likeness (QED) is 0.533. The number of nitriles is 1. The number of para-hydroxylation sites is 1. The summed E-state index contributed by atoms with van der Waals surface area (Å²) in [6.45, 7) is 0. The van der Waals surface area contributed by atoms with Crippen molar-refractivity contribution in [2.45, 2.75) is 0 Å². The molecule has 4 rings (SSSR count). The summed E-state index contributed by atoms with van der Waals surface area (Å²) >= 11 is 0. The molecule has 1 heterocycles. The highest BCUT2D eigenvalue weighted by molar-refractivity contribution is 6.10. The van der Waals surface area contributed by atoms with Crippen LogP contribution in [0.1, 0.15) is 21.6 Å². The van der Waals surface area contributed by atoms with Gasteiger partial charge in [-0.05, 0) is 29.0 Å². The molecule has 0 atom stereocenters. The molecular formula is C21H13N3O. The van der Waals surface area contributed by atoms with Crippen LogP contribution in [-0.4, -0.2) is 15.6 Å². The van der Waals surface area contributed by atoms with Crippen molar-refractivity contribution in [2.24, 2.45) is 0 Å². The van der Waals surface area contributed by atoms with Crippen LogP contribution < -0.4 is 0 Å². The number of hydrogen-bond acceptors (Lipinski definition) is 3. The average molecular weight is 323 g/mol. The molecule has 1 aromatic heterocycles. The SMILES string of the molecule is N#Cc1cn(-c2ccccc2)nc1C(=O)c1ccc2ccccc2c1. The Bertz CT molecular complexity index is 1120. The molecule has 4 nitrogen and oxygen atoms in total. The molecule has 0 aliphatic heterocycles. The van der Waals surface area contributed by atoms with Gasteiger partial charge >= 0.3 is 0 Å². The van der Waals surface area contributed by atoms with Crippen LogP contribution in [-0.2, 0) is 0 Å². The lowest BCUT2D eigenvalue weighted by molar-refractivity contribution is 0.103. The van der Waals surface area contributed by atoms with Gasteiger partial charge in [0, 0.05) is 11.8 Å². The van der Waals surface area contributed by atoms with Gasteiger partial charge in [-0.1, -0.05) is 54.6 Å². The van der Waals surface area contributed by atoms with Crippen molar-refractivity contribution in [3.63, 3.8) is 0 Å². The number of aromatic nitrogens is 2. The Labute approximate surface area is 144 Å². The number of fused-ring (bicyclic) bond motifs is 1. The highest BCUT2D eigenvalue weighted by atomic mass is 16.1. The lowest BCUT2D eigenvalue weighted by Crippen LogP contribution is -2.05. The maximum atomic E-state index is 12.9. The number of carbonyl (C=O) groups is 1. The van der Waals surface area contributed by atoms with E-state index in [9.17, 15) is 10.1 Å². The van der Waals surface area contributed by atoms with E-state index in [4.69, 9.17) is 0 Å². The van der Waals surface area contributed by atoms with Crippen LogP contribution in [0.15, 0.2) is 79.0 Å². The molecule has 118 valence electrons. The Balaban J connectivity index is 1.79. The fourth-order valence-corrected chi connectivity index (χ4v) is 2.80. The lowest BCUT2D eigenvalue weighted by atomic mass is 10.0. The molecule has 25 heavy (non-hydrogen) atoms. The minimum absolute atomic E-state index is 0.168. The Kier molecular flexibility index (Phi) is 3.60. The summed E-state index contributed by atoms with van der Waals surface area (Å²) in [5.41, 5.74) is 1.76. The first kappa shape index (κ1) is 14.9. The minimum atomic E-state index is -0.253. The second kappa shape index (κ2) is 6.06. The van der Waals surface area contributed by atoms with Crippen LogP contribution in [0.5, 0.6) is 0 Å². The van der Waals surface area contributed by atoms with E-state index >= 15 is 0 Å². The van der Waals surface area contributed by atoms with Gasteiger partial charge < -0.3 is 0 Å². The van der Waals surface area contributed by atoms with Gasteiger partial charge in [-0.3, -0.25) is 4.79 Å². The summed E-state index contributed by atoms with van der Waals surface area (Å²) in [5, 5.41) is 15.8. The molecule has 0 N–H and O–H groups in total. The van der Waals surface area contributed by atoms with Gasteiger partial charge in [-0.15, -0.1) is 0 Å². The second-order valence-electron chi connectivity index (χ2n) is 5.67. The molecule has 4 aromatic rings. The highest BCUT2D eigenvalue weighted by Gasteiger charge is 2.19. The topological polar surface area (TPSA) is 58.7 Å². The van der Waals surface area contributed by atoms with E-state index in [0.29, 0.717) is 5.56 Å². The van der Waals surface area contributed by atoms with E-state index in [1.54, 1.807) is 16.9 Å². The highest BCUT2D eigenvalue weighted by Crippen LogP contribution is 2.20. The zero-order valence-corrected chi connectivity index (χ0v) is 13.3. The third kappa shape index (κ3) is 2.68. The van der Waals surface area contributed by atoms with Crippen molar-refractivity contribution < 1.29 is 4.79 Å². The fourth-order valence-electron chi connectivity index (χ4n) is 2.80. The third-order valence-electron chi connectivity index (χ3n) is 4.08. The molecule has 0 unspecified atom stereocenters. The summed E-state index contributed by atoms with van der Waals surface area (Å²) in [5.74, 6) is -0.253. The van der Waals surface area contributed by atoms with E-state index in [1.807, 2.05) is 66.7 Å². The molecule has 0 spiro atoms. The van der Waals surface area contributed by atoms with E-state index in [-0.39, 0.29) is 17.0 Å². The van der Waals surface area contributed by atoms with E-state index in [1.165, 1.54) is 0 Å². The van der Waals surface area contributed by atoms with Crippen molar-refractivity contribution in [1.82, 2.24) is 9.78 Å². The summed E-state index contributed by atoms with van der Waals surface area (Å²) in [6, 6.07) is 24.8. The standard InChI is InChI=1S/C21H13N3O/c22-13-18-14-24(19-8-2-1-3-9-19)23-20(18)21(25)17-11-10-15-6-4-5-7-16(15)12-17/h1-12,14H. The molecule has 0 saturated carbocycles. The Morgan fingerprint density at radius 3 is 2.40 bits per heavy atom. The normalized spacial score (nSPS) is 10.5. The smallest absolute Gasteiger partial charge is 0.214 e. The van der Waals surface area contributed by atoms with Gasteiger partial charge in [0.1, 0.15) is 11.6 Å². The van der Waals surface area contributed by atoms with Crippen LogP contribution in [0, 0.1) is 11.3 Å². The van der Waals surface area contributed by atoms with E-state index in [2.05, 4.69) is 11.2 Å². The van der Waals surface area contributed by atoms with Crippen molar-refractivity contribution >= 4 is 16.6 Å². The molecule has 3 aromatic carbocycles. The maximum absolute atomic E-state index is 12.9. The molecule has 0 saturated heterocycles. The molecule has 0 aliphatic carbocycles. The lowest BCUT2D eigenvalue weighted by Gasteiger charge is -2.02. The summed E-state index contributed by atoms with van der Waals surface area (Å²) < 4.78 is 1.56. The molecule has 0 radical (unpaired) electrons. The van der Waals surface area contributed by atoms with Crippen molar-refractivity contribution in [3.05, 3.63) is 95.8 Å². The van der Waals surface area contributed by atoms with Gasteiger partial charge in [-0.25, -0.2) is 4.68 Å². The van der Waals surface area contributed by atoms with Crippen LogP contribution in [0.3, 0.4) is 0 Å². The zero-order chi connectivity index (χ0) is 17.2. The van der Waals surface area contributed by atoms with Crippen molar-refractivity contribution in [3.8, 4) is 11.8 Å². The molecule has 0 bridgehead atoms. The van der Waals surface area contributed by atoms with Crippen LogP contribution >= 0.6 is 0 Å². The molecule has 0 amide bonds. The Morgan fingerprint density at radius 1 is 0.920 bits per heavy atom. The number of rotatable bonds is 3. The van der Waals surface area contributed by atoms with Gasteiger partial charge in [0.05, 0.1) is 5.69 Å². The predicted molar refractivity (Wildman–Crippen MR) is 95.7 cm³/mol. The molecular weight excluding hydrogens is 310 g/mol. The number of ketones is 1. The summed E-state index contributed by atoms with van der Waals surface area (Å²) in [7, 11) is 0. The minimum Gasteiger partial charge on any atom is -0.287 e. The maximum Gasteiger partial charge on any atom is 0.214 e. The van der Waals surface area contributed by atoms with E-state index in [0.717, 1.165) is 16.5 Å². The first-order chi connectivity index (χ1) is 12.3. The van der Waals surface area contributed by atoms with Gasteiger partial charge in [0.15, 0.2) is 5.69 Å². The predicted octanol–water partition coefficient (Wildman–Crippen LogP) is 4.13. The van der Waals surface area contributed by atoms with Crippen molar-refractivity contribution in [1.29, 1.82) is 5.26 Å². The zero-order valence-electron chi connectivity index (χ0n) is 13.3. The third-order valence-corrected chi connectivity index (χ3v) is 4.08. The largest absolute Gasteiger partial charge is 0.287 e. The number of nitrogens with zero attached hydrogens (tertiary/aromatic N) is 3. The number of carbonyl (C=O) groups excluding carboxylic acids is 1.